The van der Waals surface area contributed by atoms with Gasteiger partial charge in [-0.05, 0) is 45.4 Å². The van der Waals surface area contributed by atoms with Gasteiger partial charge in [0.05, 0.1) is 22.2 Å². The van der Waals surface area contributed by atoms with E-state index in [1.54, 1.807) is 4.90 Å². The standard InChI is InChI=1S/C18H28N4O7S/c1-18(7-8-18)19-30(27,28)12-4-5-14-13(9-12)16(23)20(2)17(24)21(14)10-11-3-6-15(29-11)22(25)26/h11-15,19H,3-10H2,1-2H3. The zero-order valence-electron chi connectivity index (χ0n) is 17.2. The van der Waals surface area contributed by atoms with Gasteiger partial charge in [0.15, 0.2) is 0 Å². The predicted molar refractivity (Wildman–Crippen MR) is 104 cm³/mol. The van der Waals surface area contributed by atoms with Gasteiger partial charge in [0.25, 0.3) is 0 Å². The molecule has 11 nitrogen and oxygen atoms in total. The fraction of sp³-hybridized carbons (Fsp3) is 0.889. The van der Waals surface area contributed by atoms with E-state index in [2.05, 4.69) is 4.72 Å². The highest BCUT2D eigenvalue weighted by molar-refractivity contribution is 7.90. The van der Waals surface area contributed by atoms with E-state index >= 15 is 0 Å². The van der Waals surface area contributed by atoms with E-state index in [1.165, 1.54) is 7.05 Å². The van der Waals surface area contributed by atoms with Gasteiger partial charge in [-0.3, -0.25) is 19.8 Å². The number of nitrogens with one attached hydrogen (secondary N) is 1. The predicted octanol–water partition coefficient (Wildman–Crippen LogP) is 0.671. The first-order valence-corrected chi connectivity index (χ1v) is 12.0. The Labute approximate surface area is 175 Å². The first-order chi connectivity index (χ1) is 14.0. The summed E-state index contributed by atoms with van der Waals surface area (Å²) in [4.78, 5) is 38.6. The van der Waals surface area contributed by atoms with Gasteiger partial charge in [0.2, 0.25) is 15.9 Å². The number of hydrogen-bond acceptors (Lipinski definition) is 7. The molecule has 12 heteroatoms. The fourth-order valence-electron chi connectivity index (χ4n) is 4.84. The van der Waals surface area contributed by atoms with Crippen LogP contribution in [0.5, 0.6) is 0 Å². The van der Waals surface area contributed by atoms with Crippen LogP contribution in [0.3, 0.4) is 0 Å². The van der Waals surface area contributed by atoms with E-state index in [0.717, 1.165) is 17.7 Å². The average Bonchev–Trinajstić information content (AvgIpc) is 3.21. The SMILES string of the molecule is CN1C(=O)C2CC(S(=O)(=O)NC3(C)CC3)CCC2N(CC2CCC([N+](=O)[O-])O2)C1=O. The summed E-state index contributed by atoms with van der Waals surface area (Å²) in [6.45, 7) is 2.03. The Kier molecular flexibility index (Phi) is 5.30. The molecule has 3 amide bonds. The number of urea groups is 1. The van der Waals surface area contributed by atoms with Crippen LogP contribution >= 0.6 is 0 Å². The molecule has 0 aromatic heterocycles. The number of fused-ring (bicyclic) bond motifs is 1. The van der Waals surface area contributed by atoms with Gasteiger partial charge in [-0.1, -0.05) is 0 Å². The van der Waals surface area contributed by atoms with Crippen molar-refractivity contribution in [3.63, 3.8) is 0 Å². The number of carbonyl (C=O) groups is 2. The summed E-state index contributed by atoms with van der Waals surface area (Å²) in [5, 5.41) is 10.3. The van der Waals surface area contributed by atoms with Crippen LogP contribution < -0.4 is 4.72 Å². The topological polar surface area (TPSA) is 139 Å². The maximum atomic E-state index is 12.8. The van der Waals surface area contributed by atoms with E-state index in [-0.39, 0.29) is 30.8 Å². The monoisotopic (exact) mass is 444 g/mol. The van der Waals surface area contributed by atoms with Crippen molar-refractivity contribution in [1.29, 1.82) is 0 Å². The molecule has 4 fully saturated rings. The molecule has 0 radical (unpaired) electrons. The molecule has 4 rings (SSSR count). The van der Waals surface area contributed by atoms with Gasteiger partial charge in [0, 0.05) is 31.6 Å². The number of amides is 3. The van der Waals surface area contributed by atoms with Gasteiger partial charge in [0.1, 0.15) is 0 Å². The minimum absolute atomic E-state index is 0.159. The van der Waals surface area contributed by atoms with Crippen LogP contribution in [0.1, 0.15) is 51.9 Å². The van der Waals surface area contributed by atoms with Crippen molar-refractivity contribution in [2.75, 3.05) is 13.6 Å². The Balaban J connectivity index is 1.48. The molecule has 2 aliphatic heterocycles. The second-order valence-corrected chi connectivity index (χ2v) is 11.2. The van der Waals surface area contributed by atoms with Crippen LogP contribution in [0.15, 0.2) is 0 Å². The maximum absolute atomic E-state index is 12.8. The molecule has 2 aliphatic carbocycles. The van der Waals surface area contributed by atoms with Crippen molar-refractivity contribution < 1.29 is 27.7 Å². The third-order valence-electron chi connectivity index (χ3n) is 6.89. The van der Waals surface area contributed by atoms with Crippen molar-refractivity contribution in [2.45, 2.75) is 81.0 Å². The lowest BCUT2D eigenvalue weighted by Gasteiger charge is -2.47. The summed E-state index contributed by atoms with van der Waals surface area (Å²) in [6.07, 6.45) is 1.73. The molecular formula is C18H28N4O7S. The number of rotatable bonds is 6. The smallest absolute Gasteiger partial charge is 0.318 e. The first kappa shape index (κ1) is 21.4. The van der Waals surface area contributed by atoms with E-state index in [1.807, 2.05) is 6.92 Å². The minimum atomic E-state index is -3.56. The molecule has 30 heavy (non-hydrogen) atoms. The van der Waals surface area contributed by atoms with Crippen LogP contribution in [-0.2, 0) is 19.6 Å². The molecule has 5 unspecified atom stereocenters. The largest absolute Gasteiger partial charge is 0.326 e. The molecule has 2 heterocycles. The zero-order chi connectivity index (χ0) is 21.8. The molecule has 0 aromatic carbocycles. The Bertz CT molecular complexity index is 859. The Hall–Kier alpha value is -1.79. The second kappa shape index (κ2) is 7.41. The second-order valence-electron chi connectivity index (χ2n) is 9.22. The molecule has 168 valence electrons. The number of nitro groups is 1. The average molecular weight is 445 g/mol. The molecule has 2 saturated heterocycles. The number of carbonyl (C=O) groups excluding carboxylic acids is 2. The highest BCUT2D eigenvalue weighted by atomic mass is 32.2. The molecule has 2 saturated carbocycles. The van der Waals surface area contributed by atoms with Crippen molar-refractivity contribution in [2.24, 2.45) is 5.92 Å². The third kappa shape index (κ3) is 3.92. The summed E-state index contributed by atoms with van der Waals surface area (Å²) in [7, 11) is -2.17. The lowest BCUT2D eigenvalue weighted by atomic mass is 9.80. The highest BCUT2D eigenvalue weighted by Gasteiger charge is 2.52. The Morgan fingerprint density at radius 3 is 2.53 bits per heavy atom. The first-order valence-electron chi connectivity index (χ1n) is 10.4. The summed E-state index contributed by atoms with van der Waals surface area (Å²) >= 11 is 0. The van der Waals surface area contributed by atoms with Crippen LogP contribution in [0.4, 0.5) is 4.79 Å². The summed E-state index contributed by atoms with van der Waals surface area (Å²) in [5.41, 5.74) is -0.377. The van der Waals surface area contributed by atoms with E-state index < -0.39 is 50.5 Å². The summed E-state index contributed by atoms with van der Waals surface area (Å²) in [6, 6.07) is -0.873. The maximum Gasteiger partial charge on any atom is 0.326 e. The molecule has 5 atom stereocenters. The molecule has 0 bridgehead atoms. The number of sulfonamides is 1. The van der Waals surface area contributed by atoms with Crippen LogP contribution in [0, 0.1) is 16.0 Å². The zero-order valence-corrected chi connectivity index (χ0v) is 18.0. The van der Waals surface area contributed by atoms with Crippen molar-refractivity contribution >= 4 is 22.0 Å². The molecular weight excluding hydrogens is 416 g/mol. The number of hydrogen-bond donors (Lipinski definition) is 1. The van der Waals surface area contributed by atoms with Gasteiger partial charge in [-0.25, -0.2) is 17.9 Å². The Morgan fingerprint density at radius 1 is 1.23 bits per heavy atom. The van der Waals surface area contributed by atoms with Crippen LogP contribution in [0.2, 0.25) is 0 Å². The number of imide groups is 1. The third-order valence-corrected chi connectivity index (χ3v) is 8.98. The van der Waals surface area contributed by atoms with Crippen molar-refractivity contribution in [3.05, 3.63) is 10.1 Å². The minimum Gasteiger partial charge on any atom is -0.318 e. The van der Waals surface area contributed by atoms with Gasteiger partial charge in [-0.2, -0.15) is 0 Å². The molecule has 0 spiro atoms. The lowest BCUT2D eigenvalue weighted by Crippen LogP contribution is -2.64. The lowest BCUT2D eigenvalue weighted by molar-refractivity contribution is -0.571. The van der Waals surface area contributed by atoms with Crippen molar-refractivity contribution in [1.82, 2.24) is 14.5 Å². The quantitative estimate of drug-likeness (QED) is 0.469. The Morgan fingerprint density at radius 2 is 1.93 bits per heavy atom. The summed E-state index contributed by atoms with van der Waals surface area (Å²) < 4.78 is 33.9. The van der Waals surface area contributed by atoms with Crippen molar-refractivity contribution in [3.8, 4) is 0 Å². The molecule has 0 aromatic rings. The number of nitrogens with zero attached hydrogens (tertiary/aromatic N) is 3. The summed E-state index contributed by atoms with van der Waals surface area (Å²) in [5.74, 6) is -0.975. The molecule has 1 N–H and O–H groups in total. The van der Waals surface area contributed by atoms with Gasteiger partial charge >= 0.3 is 12.3 Å². The highest BCUT2D eigenvalue weighted by Crippen LogP contribution is 2.40. The van der Waals surface area contributed by atoms with Gasteiger partial charge in [-0.15, -0.1) is 0 Å². The number of ether oxygens (including phenoxy) is 1. The van der Waals surface area contributed by atoms with Gasteiger partial charge < -0.3 is 9.64 Å². The fourth-order valence-corrected chi connectivity index (χ4v) is 6.80. The van der Waals surface area contributed by atoms with E-state index in [9.17, 15) is 28.1 Å². The van der Waals surface area contributed by atoms with Crippen LogP contribution in [-0.4, -0.2) is 77.8 Å². The van der Waals surface area contributed by atoms with E-state index in [4.69, 9.17) is 4.74 Å². The normalized spacial score (nSPS) is 36.0. The molecule has 4 aliphatic rings. The van der Waals surface area contributed by atoms with E-state index in [0.29, 0.717) is 19.3 Å². The van der Waals surface area contributed by atoms with Crippen LogP contribution in [0.25, 0.3) is 0 Å².